The summed E-state index contributed by atoms with van der Waals surface area (Å²) in [7, 11) is 1.56. The van der Waals surface area contributed by atoms with Crippen molar-refractivity contribution in [1.29, 1.82) is 5.41 Å². The number of nitrogens with one attached hydrogen (secondary N) is 2. The van der Waals surface area contributed by atoms with Crippen molar-refractivity contribution in [2.75, 3.05) is 18.4 Å². The van der Waals surface area contributed by atoms with Crippen molar-refractivity contribution in [3.63, 3.8) is 0 Å². The zero-order valence-electron chi connectivity index (χ0n) is 12.9. The van der Waals surface area contributed by atoms with Crippen molar-refractivity contribution >= 4 is 18.1 Å². The molecule has 0 aromatic carbocycles. The van der Waals surface area contributed by atoms with E-state index >= 15 is 0 Å². The Morgan fingerprint density at radius 3 is 2.55 bits per heavy atom. The molecule has 0 aliphatic carbocycles. The largest absolute Gasteiger partial charge is 0.340 e. The maximum absolute atomic E-state index is 12.5. The lowest BCUT2D eigenvalue weighted by molar-refractivity contribution is 0.209. The van der Waals surface area contributed by atoms with Gasteiger partial charge in [-0.15, -0.1) is 0 Å². The molecule has 0 spiro atoms. The lowest BCUT2D eigenvalue weighted by Crippen LogP contribution is -2.39. The van der Waals surface area contributed by atoms with E-state index < -0.39 is 5.69 Å². The second-order valence-corrected chi connectivity index (χ2v) is 5.18. The first-order valence-electron chi connectivity index (χ1n) is 7.21. The minimum Gasteiger partial charge on any atom is -0.340 e. The molecule has 1 aromatic heterocycles. The smallest absolute Gasteiger partial charge is 0.338 e. The van der Waals surface area contributed by atoms with E-state index in [1.165, 1.54) is 4.57 Å². The molecule has 2 N–H and O–H groups in total. The third-order valence-electron chi connectivity index (χ3n) is 3.65. The van der Waals surface area contributed by atoms with Crippen molar-refractivity contribution in [2.45, 2.75) is 19.8 Å². The topological polar surface area (TPSA) is 83.1 Å². The highest BCUT2D eigenvalue weighted by molar-refractivity contribution is 5.90. The van der Waals surface area contributed by atoms with Gasteiger partial charge in [0.1, 0.15) is 11.5 Å². The maximum atomic E-state index is 12.5. The predicted octanol–water partition coefficient (Wildman–Crippen LogP) is 1.75. The van der Waals surface area contributed by atoms with Gasteiger partial charge in [0.25, 0.3) is 0 Å². The van der Waals surface area contributed by atoms with Gasteiger partial charge in [0.05, 0.1) is 0 Å². The fourth-order valence-corrected chi connectivity index (χ4v) is 2.54. The monoisotopic (exact) mass is 303 g/mol. The molecular weight excluding hydrogens is 282 g/mol. The molecule has 0 bridgehead atoms. The molecule has 0 atom stereocenters. The number of carbonyl (C=O) groups is 1. The molecule has 1 aliphatic rings. The van der Waals surface area contributed by atoms with Crippen molar-refractivity contribution in [3.05, 3.63) is 40.6 Å². The van der Waals surface area contributed by atoms with Gasteiger partial charge in [-0.3, -0.25) is 4.57 Å². The van der Waals surface area contributed by atoms with E-state index in [-0.39, 0.29) is 11.7 Å². The van der Waals surface area contributed by atoms with Gasteiger partial charge in [-0.25, -0.2) is 14.2 Å². The SMILES string of the molecule is C=C(/C=C/C)Nc1c(C=N)n(C(=O)N2CCCC2)c(=O)n1C. The molecule has 1 aliphatic heterocycles. The van der Waals surface area contributed by atoms with E-state index in [9.17, 15) is 9.59 Å². The number of likely N-dealkylation sites (tertiary alicyclic amines) is 1. The molecule has 0 saturated carbocycles. The van der Waals surface area contributed by atoms with Crippen LogP contribution in [0.25, 0.3) is 0 Å². The Labute approximate surface area is 129 Å². The second kappa shape index (κ2) is 6.46. The number of imidazole rings is 1. The Morgan fingerprint density at radius 2 is 2.00 bits per heavy atom. The highest BCUT2D eigenvalue weighted by Crippen LogP contribution is 2.16. The van der Waals surface area contributed by atoms with Gasteiger partial charge < -0.3 is 15.6 Å². The highest BCUT2D eigenvalue weighted by Gasteiger charge is 2.26. The van der Waals surface area contributed by atoms with E-state index in [0.717, 1.165) is 23.6 Å². The number of amides is 1. The summed E-state index contributed by atoms with van der Waals surface area (Å²) in [6.45, 7) is 6.97. The van der Waals surface area contributed by atoms with Gasteiger partial charge in [-0.2, -0.15) is 0 Å². The Balaban J connectivity index is 2.46. The van der Waals surface area contributed by atoms with Crippen molar-refractivity contribution in [1.82, 2.24) is 14.0 Å². The highest BCUT2D eigenvalue weighted by atomic mass is 16.2. The van der Waals surface area contributed by atoms with E-state index in [0.29, 0.717) is 24.6 Å². The third kappa shape index (κ3) is 2.74. The van der Waals surface area contributed by atoms with Gasteiger partial charge in [0.15, 0.2) is 0 Å². The Bertz CT molecular complexity index is 690. The van der Waals surface area contributed by atoms with E-state index in [1.807, 2.05) is 13.0 Å². The molecule has 7 heteroatoms. The van der Waals surface area contributed by atoms with Crippen LogP contribution in [-0.2, 0) is 7.05 Å². The van der Waals surface area contributed by atoms with Gasteiger partial charge in [-0.05, 0) is 25.8 Å². The lowest BCUT2D eigenvalue weighted by atomic mass is 10.3. The van der Waals surface area contributed by atoms with Crippen LogP contribution in [0.15, 0.2) is 29.2 Å². The van der Waals surface area contributed by atoms with Gasteiger partial charge in [-0.1, -0.05) is 12.7 Å². The summed E-state index contributed by atoms with van der Waals surface area (Å²) in [6.07, 6.45) is 6.45. The number of carbonyl (C=O) groups excluding carboxylic acids is 1. The number of nitrogens with zero attached hydrogens (tertiary/aromatic N) is 3. The number of aromatic nitrogens is 2. The molecule has 2 rings (SSSR count). The molecular formula is C15H21N5O2. The van der Waals surface area contributed by atoms with Crippen molar-refractivity contribution in [3.8, 4) is 0 Å². The summed E-state index contributed by atoms with van der Waals surface area (Å²) in [5.41, 5.74) is 0.341. The average Bonchev–Trinajstić information content (AvgIpc) is 3.09. The van der Waals surface area contributed by atoms with Crippen LogP contribution in [0.1, 0.15) is 25.5 Å². The number of rotatable bonds is 4. The Morgan fingerprint density at radius 1 is 1.36 bits per heavy atom. The summed E-state index contributed by atoms with van der Waals surface area (Å²) in [5, 5.41) is 10.6. The van der Waals surface area contributed by atoms with Gasteiger partial charge in [0.2, 0.25) is 0 Å². The minimum absolute atomic E-state index is 0.232. The normalized spacial score (nSPS) is 14.5. The third-order valence-corrected chi connectivity index (χ3v) is 3.65. The van der Waals surface area contributed by atoms with E-state index in [4.69, 9.17) is 5.41 Å². The predicted molar refractivity (Wildman–Crippen MR) is 86.7 cm³/mol. The van der Waals surface area contributed by atoms with Crippen LogP contribution in [0.5, 0.6) is 0 Å². The van der Waals surface area contributed by atoms with E-state index in [2.05, 4.69) is 11.9 Å². The fraction of sp³-hybridized carbons (Fsp3) is 0.400. The number of hydrogen-bond acceptors (Lipinski definition) is 4. The molecule has 1 saturated heterocycles. The standard InChI is InChI=1S/C15H21N5O2/c1-4-7-11(2)17-13-12(10-16)20(14(21)18(13)3)15(22)19-8-5-6-9-19/h4,7,10,16-17H,2,5-6,8-9H2,1,3H3/b7-4+,16-10?. The first-order chi connectivity index (χ1) is 10.5. The van der Waals surface area contributed by atoms with Crippen LogP contribution >= 0.6 is 0 Å². The van der Waals surface area contributed by atoms with Crippen LogP contribution in [0.3, 0.4) is 0 Å². The molecule has 7 nitrogen and oxygen atoms in total. The first-order valence-corrected chi connectivity index (χ1v) is 7.21. The van der Waals surface area contributed by atoms with Gasteiger partial charge >= 0.3 is 11.7 Å². The summed E-state index contributed by atoms with van der Waals surface area (Å²) in [5.74, 6) is 0.385. The van der Waals surface area contributed by atoms with Crippen LogP contribution in [0.4, 0.5) is 10.6 Å². The average molecular weight is 303 g/mol. The van der Waals surface area contributed by atoms with Crippen molar-refractivity contribution in [2.24, 2.45) is 7.05 Å². The molecule has 1 amide bonds. The number of allylic oxidation sites excluding steroid dienone is 2. The quantitative estimate of drug-likeness (QED) is 0.656. The number of anilines is 1. The molecule has 2 heterocycles. The fourth-order valence-electron chi connectivity index (χ4n) is 2.54. The Hall–Kier alpha value is -2.57. The molecule has 0 radical (unpaired) electrons. The maximum Gasteiger partial charge on any atom is 0.338 e. The summed E-state index contributed by atoms with van der Waals surface area (Å²) >= 11 is 0. The summed E-state index contributed by atoms with van der Waals surface area (Å²) < 4.78 is 2.37. The van der Waals surface area contributed by atoms with Crippen LogP contribution in [0.2, 0.25) is 0 Å². The summed E-state index contributed by atoms with van der Waals surface area (Å²) in [6, 6.07) is -0.374. The molecule has 1 aromatic rings. The zero-order chi connectivity index (χ0) is 16.3. The Kier molecular flexibility index (Phi) is 4.65. The molecule has 1 fully saturated rings. The molecule has 118 valence electrons. The van der Waals surface area contributed by atoms with Crippen molar-refractivity contribution < 1.29 is 4.79 Å². The molecule has 22 heavy (non-hydrogen) atoms. The minimum atomic E-state index is -0.467. The molecule has 0 unspecified atom stereocenters. The van der Waals surface area contributed by atoms with Crippen LogP contribution in [0, 0.1) is 5.41 Å². The van der Waals surface area contributed by atoms with E-state index in [1.54, 1.807) is 18.0 Å². The van der Waals surface area contributed by atoms with Crippen LogP contribution in [-0.4, -0.2) is 39.4 Å². The zero-order valence-corrected chi connectivity index (χ0v) is 12.9. The van der Waals surface area contributed by atoms with Gasteiger partial charge in [0, 0.05) is 32.0 Å². The lowest BCUT2D eigenvalue weighted by Gasteiger charge is -2.15. The summed E-state index contributed by atoms with van der Waals surface area (Å²) in [4.78, 5) is 26.6. The first kappa shape index (κ1) is 15.8. The number of hydrogen-bond donors (Lipinski definition) is 2. The second-order valence-electron chi connectivity index (χ2n) is 5.18. The van der Waals surface area contributed by atoms with Crippen LogP contribution < -0.4 is 11.0 Å².